The van der Waals surface area contributed by atoms with E-state index in [0.29, 0.717) is 5.76 Å². The molecule has 3 aromatic rings. The van der Waals surface area contributed by atoms with Gasteiger partial charge in [-0.05, 0) is 12.1 Å². The van der Waals surface area contributed by atoms with Crippen LogP contribution in [0.5, 0.6) is 5.95 Å². The van der Waals surface area contributed by atoms with Crippen molar-refractivity contribution in [3.8, 4) is 17.3 Å². The van der Waals surface area contributed by atoms with Crippen molar-refractivity contribution in [1.82, 2.24) is 0 Å². The lowest BCUT2D eigenvalue weighted by molar-refractivity contribution is 0.298. The third-order valence-electron chi connectivity index (χ3n) is 3.25. The minimum Gasteiger partial charge on any atom is -0.468 e. The largest absolute Gasteiger partial charge is 0.468 e. The monoisotopic (exact) mass is 314 g/mol. The Bertz CT molecular complexity index is 866. The summed E-state index contributed by atoms with van der Waals surface area (Å²) in [5.74, 6) is 0.440. The molecule has 22 heavy (non-hydrogen) atoms. The summed E-state index contributed by atoms with van der Waals surface area (Å²) in [5.41, 5.74) is 0.787. The molecule has 0 N–H and O–H groups in total. The Morgan fingerprint density at radius 1 is 0.909 bits per heavy atom. The maximum absolute atomic E-state index is 12.7. The molecule has 0 saturated carbocycles. The average Bonchev–Trinajstić information content (AvgIpc) is 3.02. The number of furan rings is 1. The number of sulfone groups is 1. The molecule has 1 aromatic heterocycles. The van der Waals surface area contributed by atoms with Gasteiger partial charge in [0.2, 0.25) is 9.84 Å². The molecule has 0 radical (unpaired) electrons. The van der Waals surface area contributed by atoms with Crippen LogP contribution in [-0.4, -0.2) is 15.5 Å². The van der Waals surface area contributed by atoms with E-state index >= 15 is 0 Å². The number of benzene rings is 2. The summed E-state index contributed by atoms with van der Waals surface area (Å²) in [6.45, 7) is 0. The first-order chi connectivity index (χ1) is 10.6. The van der Waals surface area contributed by atoms with Gasteiger partial charge >= 0.3 is 5.95 Å². The van der Waals surface area contributed by atoms with Crippen LogP contribution in [0, 0.1) is 0 Å². The average molecular weight is 314 g/mol. The summed E-state index contributed by atoms with van der Waals surface area (Å²) < 4.78 is 36.1. The van der Waals surface area contributed by atoms with E-state index in [9.17, 15) is 8.42 Å². The van der Waals surface area contributed by atoms with Gasteiger partial charge in [0.1, 0.15) is 5.76 Å². The highest BCUT2D eigenvalue weighted by molar-refractivity contribution is 7.91. The molecule has 2 aromatic carbocycles. The normalized spacial score (nSPS) is 11.3. The minimum absolute atomic E-state index is 0.0114. The number of methoxy groups -OCH3 is 1. The van der Waals surface area contributed by atoms with E-state index < -0.39 is 9.84 Å². The van der Waals surface area contributed by atoms with Crippen LogP contribution in [0.3, 0.4) is 0 Å². The lowest BCUT2D eigenvalue weighted by atomic mass is 10.2. The topological polar surface area (TPSA) is 56.5 Å². The van der Waals surface area contributed by atoms with E-state index in [-0.39, 0.29) is 15.7 Å². The van der Waals surface area contributed by atoms with Crippen LogP contribution < -0.4 is 4.74 Å². The molecule has 0 amide bonds. The Balaban J connectivity index is 2.14. The molecule has 0 aliphatic rings. The van der Waals surface area contributed by atoms with Gasteiger partial charge in [-0.15, -0.1) is 0 Å². The van der Waals surface area contributed by atoms with Crippen LogP contribution in [0.1, 0.15) is 0 Å². The molecule has 0 bridgehead atoms. The molecular weight excluding hydrogens is 300 g/mol. The summed E-state index contributed by atoms with van der Waals surface area (Å²) >= 11 is 0. The van der Waals surface area contributed by atoms with E-state index in [1.165, 1.54) is 13.2 Å². The second-order valence-corrected chi connectivity index (χ2v) is 6.57. The van der Waals surface area contributed by atoms with Crippen LogP contribution in [0.25, 0.3) is 11.3 Å². The van der Waals surface area contributed by atoms with Crippen LogP contribution in [0.2, 0.25) is 0 Å². The van der Waals surface area contributed by atoms with E-state index in [4.69, 9.17) is 9.15 Å². The minimum atomic E-state index is -3.69. The van der Waals surface area contributed by atoms with Gasteiger partial charge < -0.3 is 9.15 Å². The van der Waals surface area contributed by atoms with Gasteiger partial charge in [-0.3, -0.25) is 0 Å². The maximum atomic E-state index is 12.7. The zero-order valence-corrected chi connectivity index (χ0v) is 12.7. The van der Waals surface area contributed by atoms with Crippen LogP contribution >= 0.6 is 0 Å². The summed E-state index contributed by atoms with van der Waals surface area (Å²) in [7, 11) is -2.30. The molecule has 112 valence electrons. The molecule has 0 saturated heterocycles. The van der Waals surface area contributed by atoms with E-state index in [2.05, 4.69) is 0 Å². The molecule has 0 atom stereocenters. The summed E-state index contributed by atoms with van der Waals surface area (Å²) in [5, 5.41) is 0. The Morgan fingerprint density at radius 2 is 1.50 bits per heavy atom. The van der Waals surface area contributed by atoms with Crippen molar-refractivity contribution in [2.45, 2.75) is 9.79 Å². The molecule has 1 heterocycles. The zero-order chi connectivity index (χ0) is 15.6. The summed E-state index contributed by atoms with van der Waals surface area (Å²) in [4.78, 5) is 0.230. The number of ether oxygens (including phenoxy) is 1. The van der Waals surface area contributed by atoms with Crippen molar-refractivity contribution in [3.05, 3.63) is 66.7 Å². The first kappa shape index (κ1) is 14.4. The van der Waals surface area contributed by atoms with Gasteiger partial charge in [-0.25, -0.2) is 8.42 Å². The van der Waals surface area contributed by atoms with Crippen molar-refractivity contribution in [1.29, 1.82) is 0 Å². The smallest absolute Gasteiger partial charge is 0.304 e. The number of rotatable bonds is 4. The fraction of sp³-hybridized carbons (Fsp3) is 0.0588. The Kier molecular flexibility index (Phi) is 3.73. The Morgan fingerprint density at radius 3 is 2.09 bits per heavy atom. The van der Waals surface area contributed by atoms with Gasteiger partial charge in [0, 0.05) is 11.6 Å². The predicted octanol–water partition coefficient (Wildman–Crippen LogP) is 3.79. The van der Waals surface area contributed by atoms with Crippen LogP contribution in [0.4, 0.5) is 0 Å². The second kappa shape index (κ2) is 5.69. The number of hydrogen-bond donors (Lipinski definition) is 0. The van der Waals surface area contributed by atoms with E-state index in [1.54, 1.807) is 30.3 Å². The van der Waals surface area contributed by atoms with Gasteiger partial charge in [0.05, 0.1) is 12.0 Å². The highest BCUT2D eigenvalue weighted by Crippen LogP contribution is 2.36. The lowest BCUT2D eigenvalue weighted by Gasteiger charge is -2.03. The maximum Gasteiger partial charge on any atom is 0.304 e. The van der Waals surface area contributed by atoms with Crippen LogP contribution in [-0.2, 0) is 9.84 Å². The standard InChI is InChI=1S/C17H14O4S/c1-20-17-16(22(18,19)14-10-6-3-7-11-14)12-15(21-17)13-8-4-2-5-9-13/h2-12H,1H3. The number of hydrogen-bond acceptors (Lipinski definition) is 4. The van der Waals surface area contributed by atoms with Crippen molar-refractivity contribution in [3.63, 3.8) is 0 Å². The van der Waals surface area contributed by atoms with Crippen molar-refractivity contribution >= 4 is 9.84 Å². The third-order valence-corrected chi connectivity index (χ3v) is 5.01. The van der Waals surface area contributed by atoms with Gasteiger partial charge in [-0.2, -0.15) is 0 Å². The molecule has 0 spiro atoms. The van der Waals surface area contributed by atoms with Crippen molar-refractivity contribution in [2.75, 3.05) is 7.11 Å². The second-order valence-electron chi connectivity index (χ2n) is 4.65. The first-order valence-corrected chi connectivity index (χ1v) is 8.14. The van der Waals surface area contributed by atoms with Crippen LogP contribution in [0.15, 0.2) is 80.9 Å². The quantitative estimate of drug-likeness (QED) is 0.735. The predicted molar refractivity (Wildman–Crippen MR) is 82.6 cm³/mol. The highest BCUT2D eigenvalue weighted by Gasteiger charge is 2.27. The highest BCUT2D eigenvalue weighted by atomic mass is 32.2. The Labute approximate surface area is 128 Å². The molecular formula is C17H14O4S. The SMILES string of the molecule is COc1oc(-c2ccccc2)cc1S(=O)(=O)c1ccccc1. The molecule has 4 nitrogen and oxygen atoms in total. The van der Waals surface area contributed by atoms with E-state index in [1.807, 2.05) is 30.3 Å². The summed E-state index contributed by atoms with van der Waals surface area (Å²) in [6.07, 6.45) is 0. The molecule has 0 aliphatic heterocycles. The van der Waals surface area contributed by atoms with Crippen molar-refractivity contribution < 1.29 is 17.6 Å². The third kappa shape index (κ3) is 2.51. The Hall–Kier alpha value is -2.53. The van der Waals surface area contributed by atoms with Gasteiger partial charge in [0.25, 0.3) is 0 Å². The fourth-order valence-corrected chi connectivity index (χ4v) is 3.53. The summed E-state index contributed by atoms with van der Waals surface area (Å²) in [6, 6.07) is 19.0. The molecule has 0 unspecified atom stereocenters. The van der Waals surface area contributed by atoms with Gasteiger partial charge in [0.15, 0.2) is 4.90 Å². The molecule has 0 fully saturated rings. The van der Waals surface area contributed by atoms with E-state index in [0.717, 1.165) is 5.56 Å². The fourth-order valence-electron chi connectivity index (χ4n) is 2.16. The zero-order valence-electron chi connectivity index (χ0n) is 11.9. The lowest BCUT2D eigenvalue weighted by Crippen LogP contribution is -2.02. The molecule has 3 rings (SSSR count). The van der Waals surface area contributed by atoms with Gasteiger partial charge in [-0.1, -0.05) is 48.5 Å². The first-order valence-electron chi connectivity index (χ1n) is 6.66. The molecule has 0 aliphatic carbocycles. The van der Waals surface area contributed by atoms with Crippen molar-refractivity contribution in [2.24, 2.45) is 0 Å². The molecule has 5 heteroatoms.